The summed E-state index contributed by atoms with van der Waals surface area (Å²) in [7, 11) is 0. The van der Waals surface area contributed by atoms with E-state index in [1.54, 1.807) is 0 Å². The van der Waals surface area contributed by atoms with Crippen LogP contribution in [0.4, 0.5) is 4.79 Å². The Morgan fingerprint density at radius 1 is 1.31 bits per heavy atom. The van der Waals surface area contributed by atoms with Gasteiger partial charge in [-0.2, -0.15) is 0 Å². The van der Waals surface area contributed by atoms with E-state index in [-0.39, 0.29) is 18.6 Å². The Hall–Kier alpha value is -1.52. The van der Waals surface area contributed by atoms with Crippen LogP contribution in [0.3, 0.4) is 0 Å². The first kappa shape index (κ1) is 14.5. The Kier molecular flexibility index (Phi) is 6.22. The summed E-state index contributed by atoms with van der Waals surface area (Å²) >= 11 is 0. The molecular weight excluding hydrogens is 210 g/mol. The number of esters is 1. The molecule has 5 nitrogen and oxygen atoms in total. The zero-order chi connectivity index (χ0) is 12.6. The Labute approximate surface area is 95.8 Å². The minimum absolute atomic E-state index is 0.0629. The Bertz CT molecular complexity index is 255. The number of hydrogen-bond donors (Lipinski definition) is 1. The fourth-order valence-corrected chi connectivity index (χ4v) is 0.697. The molecule has 0 fully saturated rings. The lowest BCUT2D eigenvalue weighted by Gasteiger charge is -2.17. The second-order valence-corrected chi connectivity index (χ2v) is 4.44. The van der Waals surface area contributed by atoms with Crippen LogP contribution in [0.1, 0.15) is 20.8 Å². The largest absolute Gasteiger partial charge is 0.461 e. The fraction of sp³-hybridized carbons (Fsp3) is 0.636. The maximum absolute atomic E-state index is 11.1. The van der Waals surface area contributed by atoms with Crippen molar-refractivity contribution in [3.63, 3.8) is 0 Å². The lowest BCUT2D eigenvalue weighted by molar-refractivity contribution is -0.137. The monoisotopic (exact) mass is 229 g/mol. The third-order valence-electron chi connectivity index (χ3n) is 1.42. The van der Waals surface area contributed by atoms with Gasteiger partial charge in [0, 0.05) is 6.08 Å². The van der Waals surface area contributed by atoms with Gasteiger partial charge in [-0.3, -0.25) is 0 Å². The molecular formula is C11H19NO4. The van der Waals surface area contributed by atoms with Crippen molar-refractivity contribution in [1.82, 2.24) is 5.32 Å². The summed E-state index contributed by atoms with van der Waals surface area (Å²) in [5, 5.41) is 2.46. The molecule has 0 aliphatic rings. The molecule has 0 radical (unpaired) electrons. The number of carbonyl (C=O) groups is 2. The second kappa shape index (κ2) is 6.87. The lowest BCUT2D eigenvalue weighted by atomic mass is 9.99. The fourth-order valence-electron chi connectivity index (χ4n) is 0.697. The molecule has 0 aromatic heterocycles. The molecule has 1 N–H and O–H groups in total. The zero-order valence-electron chi connectivity index (χ0n) is 10.0. The summed E-state index contributed by atoms with van der Waals surface area (Å²) in [6, 6.07) is 0. The Morgan fingerprint density at radius 3 is 2.44 bits per heavy atom. The Morgan fingerprint density at radius 2 is 1.94 bits per heavy atom. The molecule has 0 heterocycles. The normalized spacial score (nSPS) is 10.4. The quantitative estimate of drug-likeness (QED) is 0.440. The predicted octanol–water partition coefficient (Wildman–Crippen LogP) is 1.49. The molecule has 0 unspecified atom stereocenters. The molecule has 0 atom stereocenters. The van der Waals surface area contributed by atoms with E-state index in [9.17, 15) is 9.59 Å². The van der Waals surface area contributed by atoms with Gasteiger partial charge in [-0.15, -0.1) is 0 Å². The van der Waals surface area contributed by atoms with Crippen molar-refractivity contribution in [3.8, 4) is 0 Å². The van der Waals surface area contributed by atoms with Crippen molar-refractivity contribution in [2.75, 3.05) is 19.8 Å². The smallest absolute Gasteiger partial charge is 0.407 e. The number of ether oxygens (including phenoxy) is 2. The average Bonchev–Trinajstić information content (AvgIpc) is 2.20. The number of alkyl carbamates (subject to hydrolysis) is 1. The second-order valence-electron chi connectivity index (χ2n) is 4.44. The van der Waals surface area contributed by atoms with Gasteiger partial charge >= 0.3 is 12.1 Å². The summed E-state index contributed by atoms with van der Waals surface area (Å²) in [6.45, 7) is 9.81. The molecule has 0 bridgehead atoms. The highest BCUT2D eigenvalue weighted by Gasteiger charge is 2.13. The van der Waals surface area contributed by atoms with Crippen LogP contribution in [0.15, 0.2) is 12.7 Å². The number of amides is 1. The van der Waals surface area contributed by atoms with Gasteiger partial charge in [-0.1, -0.05) is 27.4 Å². The molecule has 0 spiro atoms. The van der Waals surface area contributed by atoms with Crippen molar-refractivity contribution >= 4 is 12.1 Å². The molecule has 0 saturated heterocycles. The Balaban J connectivity index is 3.52. The van der Waals surface area contributed by atoms with E-state index in [1.807, 2.05) is 20.8 Å². The van der Waals surface area contributed by atoms with Gasteiger partial charge < -0.3 is 14.8 Å². The number of hydrogen-bond acceptors (Lipinski definition) is 4. The van der Waals surface area contributed by atoms with Crippen LogP contribution in [0, 0.1) is 5.41 Å². The summed E-state index contributed by atoms with van der Waals surface area (Å²) < 4.78 is 9.59. The molecule has 0 rings (SSSR count). The highest BCUT2D eigenvalue weighted by molar-refractivity contribution is 5.81. The molecule has 0 aromatic carbocycles. The molecule has 0 aliphatic carbocycles. The van der Waals surface area contributed by atoms with Crippen molar-refractivity contribution in [3.05, 3.63) is 12.7 Å². The molecule has 5 heteroatoms. The summed E-state index contributed by atoms with van der Waals surface area (Å²) in [5.74, 6) is -0.509. The minimum atomic E-state index is -0.510. The van der Waals surface area contributed by atoms with Gasteiger partial charge in [0.2, 0.25) is 0 Å². The highest BCUT2D eigenvalue weighted by atomic mass is 16.6. The van der Waals surface area contributed by atoms with E-state index in [0.717, 1.165) is 6.08 Å². The first-order valence-corrected chi connectivity index (χ1v) is 5.05. The van der Waals surface area contributed by atoms with E-state index in [4.69, 9.17) is 4.74 Å². The van der Waals surface area contributed by atoms with Gasteiger partial charge in [0.25, 0.3) is 0 Å². The average molecular weight is 229 g/mol. The van der Waals surface area contributed by atoms with Crippen LogP contribution in [0.25, 0.3) is 0 Å². The minimum Gasteiger partial charge on any atom is -0.461 e. The topological polar surface area (TPSA) is 64.6 Å². The predicted molar refractivity (Wildman–Crippen MR) is 60.0 cm³/mol. The zero-order valence-corrected chi connectivity index (χ0v) is 10.0. The van der Waals surface area contributed by atoms with E-state index in [2.05, 4.69) is 16.6 Å². The number of carbonyl (C=O) groups excluding carboxylic acids is 2. The van der Waals surface area contributed by atoms with Gasteiger partial charge in [0.1, 0.15) is 6.61 Å². The first-order valence-electron chi connectivity index (χ1n) is 5.05. The standard InChI is InChI=1S/C11H19NO4/c1-5-9(13)15-7-6-12-10(14)16-8-11(2,3)4/h5H,1,6-8H2,2-4H3,(H,12,14). The van der Waals surface area contributed by atoms with Crippen molar-refractivity contribution in [1.29, 1.82) is 0 Å². The van der Waals surface area contributed by atoms with Crippen LogP contribution in [-0.4, -0.2) is 31.8 Å². The highest BCUT2D eigenvalue weighted by Crippen LogP contribution is 2.12. The van der Waals surface area contributed by atoms with Gasteiger partial charge in [0.15, 0.2) is 0 Å². The maximum atomic E-state index is 11.1. The SMILES string of the molecule is C=CC(=O)OCCNC(=O)OCC(C)(C)C. The van der Waals surface area contributed by atoms with Crippen LogP contribution in [-0.2, 0) is 14.3 Å². The maximum Gasteiger partial charge on any atom is 0.407 e. The van der Waals surface area contributed by atoms with Crippen LogP contribution in [0.2, 0.25) is 0 Å². The van der Waals surface area contributed by atoms with E-state index in [0.29, 0.717) is 6.61 Å². The van der Waals surface area contributed by atoms with Crippen LogP contribution >= 0.6 is 0 Å². The van der Waals surface area contributed by atoms with E-state index < -0.39 is 12.1 Å². The molecule has 16 heavy (non-hydrogen) atoms. The van der Waals surface area contributed by atoms with Crippen LogP contribution < -0.4 is 5.32 Å². The van der Waals surface area contributed by atoms with Crippen molar-refractivity contribution in [2.45, 2.75) is 20.8 Å². The van der Waals surface area contributed by atoms with Crippen molar-refractivity contribution < 1.29 is 19.1 Å². The van der Waals surface area contributed by atoms with E-state index in [1.165, 1.54) is 0 Å². The molecule has 0 saturated carbocycles. The molecule has 0 aliphatic heterocycles. The number of nitrogens with one attached hydrogen (secondary N) is 1. The summed E-state index contributed by atoms with van der Waals surface area (Å²) in [6.07, 6.45) is 0.558. The molecule has 0 aromatic rings. The lowest BCUT2D eigenvalue weighted by Crippen LogP contribution is -2.31. The molecule has 92 valence electrons. The first-order chi connectivity index (χ1) is 7.35. The van der Waals surface area contributed by atoms with E-state index >= 15 is 0 Å². The van der Waals surface area contributed by atoms with Crippen molar-refractivity contribution in [2.24, 2.45) is 5.41 Å². The van der Waals surface area contributed by atoms with Gasteiger partial charge in [0.05, 0.1) is 13.2 Å². The van der Waals surface area contributed by atoms with Gasteiger partial charge in [-0.05, 0) is 5.41 Å². The van der Waals surface area contributed by atoms with Crippen LogP contribution in [0.5, 0.6) is 0 Å². The number of rotatable bonds is 5. The van der Waals surface area contributed by atoms with Gasteiger partial charge in [-0.25, -0.2) is 9.59 Å². The summed E-state index contributed by atoms with van der Waals surface area (Å²) in [5.41, 5.74) is -0.0629. The summed E-state index contributed by atoms with van der Waals surface area (Å²) in [4.78, 5) is 21.7. The third kappa shape index (κ3) is 9.05. The third-order valence-corrected chi connectivity index (χ3v) is 1.42. The molecule has 1 amide bonds.